The van der Waals surface area contributed by atoms with E-state index < -0.39 is 0 Å². The topological polar surface area (TPSA) is 33.0 Å². The lowest BCUT2D eigenvalue weighted by Crippen LogP contribution is -1.99. The molecule has 0 atom stereocenters. The van der Waals surface area contributed by atoms with E-state index in [1.54, 1.807) is 7.11 Å². The van der Waals surface area contributed by atoms with Crippen LogP contribution in [0.3, 0.4) is 0 Å². The first-order valence-electron chi connectivity index (χ1n) is 4.62. The number of ether oxygens (including phenoxy) is 1. The van der Waals surface area contributed by atoms with Gasteiger partial charge in [-0.2, -0.15) is 5.26 Å². The van der Waals surface area contributed by atoms with Crippen molar-refractivity contribution in [1.82, 2.24) is 0 Å². The van der Waals surface area contributed by atoms with Crippen molar-refractivity contribution in [2.75, 3.05) is 7.11 Å². The third-order valence-electron chi connectivity index (χ3n) is 2.49. The van der Waals surface area contributed by atoms with E-state index in [1.807, 2.05) is 24.3 Å². The van der Waals surface area contributed by atoms with Gasteiger partial charge in [0.2, 0.25) is 0 Å². The highest BCUT2D eigenvalue weighted by atomic mass is 16.5. The summed E-state index contributed by atoms with van der Waals surface area (Å²) < 4.78 is 5.14. The van der Waals surface area contributed by atoms with Crippen LogP contribution < -0.4 is 4.74 Å². The predicted molar refractivity (Wildman–Crippen MR) is 54.9 cm³/mol. The van der Waals surface area contributed by atoms with E-state index in [1.165, 1.54) is 5.56 Å². The standard InChI is InChI=1S/C12H11NO/c1-14-11-6-5-9-3-2-4-10(8-13)12(9)7-11/h4-7H,2-3H2,1H3. The number of hydrogen-bond donors (Lipinski definition) is 0. The van der Waals surface area contributed by atoms with Gasteiger partial charge < -0.3 is 4.74 Å². The Morgan fingerprint density at radius 3 is 3.00 bits per heavy atom. The lowest BCUT2D eigenvalue weighted by atomic mass is 9.91. The molecular formula is C12H11NO. The minimum atomic E-state index is 0.769. The molecule has 0 saturated carbocycles. The van der Waals surface area contributed by atoms with E-state index in [4.69, 9.17) is 10.00 Å². The van der Waals surface area contributed by atoms with Crippen LogP contribution in [0.1, 0.15) is 17.5 Å². The molecule has 1 aromatic rings. The highest BCUT2D eigenvalue weighted by Crippen LogP contribution is 2.29. The summed E-state index contributed by atoms with van der Waals surface area (Å²) in [6.07, 6.45) is 3.97. The van der Waals surface area contributed by atoms with E-state index in [2.05, 4.69) is 6.07 Å². The molecule has 2 heteroatoms. The summed E-state index contributed by atoms with van der Waals surface area (Å²) in [6.45, 7) is 0. The molecular weight excluding hydrogens is 174 g/mol. The van der Waals surface area contributed by atoms with Gasteiger partial charge in [0, 0.05) is 0 Å². The molecule has 1 aromatic carbocycles. The number of fused-ring (bicyclic) bond motifs is 1. The summed E-state index contributed by atoms with van der Waals surface area (Å²) in [5.41, 5.74) is 3.04. The zero-order valence-corrected chi connectivity index (χ0v) is 8.08. The van der Waals surface area contributed by atoms with E-state index in [0.717, 1.165) is 29.7 Å². The van der Waals surface area contributed by atoms with Gasteiger partial charge in [-0.05, 0) is 36.1 Å². The monoisotopic (exact) mass is 185 g/mol. The van der Waals surface area contributed by atoms with Crippen LogP contribution in [0.25, 0.3) is 5.57 Å². The van der Waals surface area contributed by atoms with Crippen LogP contribution in [0.15, 0.2) is 24.3 Å². The fourth-order valence-corrected chi connectivity index (χ4v) is 1.74. The molecule has 0 amide bonds. The number of hydrogen-bond acceptors (Lipinski definition) is 2. The van der Waals surface area contributed by atoms with E-state index in [9.17, 15) is 0 Å². The molecule has 0 spiro atoms. The molecule has 2 rings (SSSR count). The molecule has 0 saturated heterocycles. The van der Waals surface area contributed by atoms with Crippen LogP contribution in [0, 0.1) is 11.3 Å². The van der Waals surface area contributed by atoms with Crippen LogP contribution in [0.2, 0.25) is 0 Å². The van der Waals surface area contributed by atoms with Crippen molar-refractivity contribution in [3.63, 3.8) is 0 Å². The third-order valence-corrected chi connectivity index (χ3v) is 2.49. The van der Waals surface area contributed by atoms with Crippen molar-refractivity contribution in [2.45, 2.75) is 12.8 Å². The minimum absolute atomic E-state index is 0.769. The second-order valence-corrected chi connectivity index (χ2v) is 3.29. The average Bonchev–Trinajstić information content (AvgIpc) is 2.27. The summed E-state index contributed by atoms with van der Waals surface area (Å²) in [7, 11) is 1.64. The second-order valence-electron chi connectivity index (χ2n) is 3.29. The first-order chi connectivity index (χ1) is 6.85. The molecule has 1 aliphatic rings. The van der Waals surface area contributed by atoms with Crippen molar-refractivity contribution < 1.29 is 4.74 Å². The van der Waals surface area contributed by atoms with Crippen molar-refractivity contribution in [3.8, 4) is 11.8 Å². The second kappa shape index (κ2) is 3.55. The molecule has 1 aliphatic carbocycles. The molecule has 0 aromatic heterocycles. The Bertz CT molecular complexity index is 426. The number of nitrogens with zero attached hydrogens (tertiary/aromatic N) is 1. The molecule has 14 heavy (non-hydrogen) atoms. The van der Waals surface area contributed by atoms with Crippen molar-refractivity contribution in [1.29, 1.82) is 5.26 Å². The first-order valence-corrected chi connectivity index (χ1v) is 4.62. The van der Waals surface area contributed by atoms with Gasteiger partial charge in [-0.15, -0.1) is 0 Å². The van der Waals surface area contributed by atoms with E-state index in [-0.39, 0.29) is 0 Å². The number of methoxy groups -OCH3 is 1. The molecule has 0 aliphatic heterocycles. The maximum absolute atomic E-state index is 8.94. The average molecular weight is 185 g/mol. The fraction of sp³-hybridized carbons (Fsp3) is 0.250. The lowest BCUT2D eigenvalue weighted by molar-refractivity contribution is 0.414. The third kappa shape index (κ3) is 1.38. The van der Waals surface area contributed by atoms with Crippen molar-refractivity contribution >= 4 is 5.57 Å². The maximum atomic E-state index is 8.94. The Morgan fingerprint density at radius 1 is 1.43 bits per heavy atom. The van der Waals surface area contributed by atoms with Crippen LogP contribution in [-0.4, -0.2) is 7.11 Å². The highest BCUT2D eigenvalue weighted by Gasteiger charge is 2.12. The summed E-state index contributed by atoms with van der Waals surface area (Å²) in [4.78, 5) is 0. The predicted octanol–water partition coefficient (Wildman–Crippen LogP) is 2.55. The van der Waals surface area contributed by atoms with Gasteiger partial charge >= 0.3 is 0 Å². The number of allylic oxidation sites excluding steroid dienone is 2. The van der Waals surface area contributed by atoms with Crippen LogP contribution in [0.5, 0.6) is 5.75 Å². The zero-order valence-electron chi connectivity index (χ0n) is 8.08. The van der Waals surface area contributed by atoms with E-state index in [0.29, 0.717) is 0 Å². The van der Waals surface area contributed by atoms with Gasteiger partial charge in [0.15, 0.2) is 0 Å². The van der Waals surface area contributed by atoms with Crippen molar-refractivity contribution in [3.05, 3.63) is 35.4 Å². The van der Waals surface area contributed by atoms with Crippen LogP contribution in [-0.2, 0) is 6.42 Å². The Labute approximate surface area is 83.4 Å². The lowest BCUT2D eigenvalue weighted by Gasteiger charge is -2.14. The number of rotatable bonds is 1. The minimum Gasteiger partial charge on any atom is -0.497 e. The van der Waals surface area contributed by atoms with E-state index >= 15 is 0 Å². The maximum Gasteiger partial charge on any atom is 0.119 e. The summed E-state index contributed by atoms with van der Waals surface area (Å²) in [5, 5.41) is 8.94. The molecule has 0 fully saturated rings. The Hall–Kier alpha value is -1.75. The molecule has 2 nitrogen and oxygen atoms in total. The molecule has 0 bridgehead atoms. The van der Waals surface area contributed by atoms with Crippen molar-refractivity contribution in [2.24, 2.45) is 0 Å². The Kier molecular flexibility index (Phi) is 2.24. The van der Waals surface area contributed by atoms with Gasteiger partial charge in [-0.3, -0.25) is 0 Å². The van der Waals surface area contributed by atoms with Gasteiger partial charge in [-0.1, -0.05) is 12.1 Å². The Morgan fingerprint density at radius 2 is 2.29 bits per heavy atom. The van der Waals surface area contributed by atoms with Crippen LogP contribution in [0.4, 0.5) is 0 Å². The molecule has 0 heterocycles. The smallest absolute Gasteiger partial charge is 0.119 e. The highest BCUT2D eigenvalue weighted by molar-refractivity contribution is 5.80. The summed E-state index contributed by atoms with van der Waals surface area (Å²) in [5.74, 6) is 0.812. The van der Waals surface area contributed by atoms with Crippen LogP contribution >= 0.6 is 0 Å². The van der Waals surface area contributed by atoms with Gasteiger partial charge in [-0.25, -0.2) is 0 Å². The SMILES string of the molecule is COc1ccc2c(c1)C(C#N)=CCC2. The Balaban J connectivity index is 2.53. The molecule has 0 unspecified atom stereocenters. The summed E-state index contributed by atoms with van der Waals surface area (Å²) >= 11 is 0. The normalized spacial score (nSPS) is 13.9. The summed E-state index contributed by atoms with van der Waals surface area (Å²) in [6, 6.07) is 8.13. The molecule has 0 radical (unpaired) electrons. The fourth-order valence-electron chi connectivity index (χ4n) is 1.74. The number of aryl methyl sites for hydroxylation is 1. The van der Waals surface area contributed by atoms with Gasteiger partial charge in [0.1, 0.15) is 5.75 Å². The zero-order chi connectivity index (χ0) is 9.97. The molecule has 0 N–H and O–H groups in total. The van der Waals surface area contributed by atoms with Gasteiger partial charge in [0.25, 0.3) is 0 Å². The molecule has 70 valence electrons. The number of benzene rings is 1. The largest absolute Gasteiger partial charge is 0.497 e. The first kappa shape index (κ1) is 8.83. The quantitative estimate of drug-likeness (QED) is 0.673. The number of nitriles is 1. The van der Waals surface area contributed by atoms with Gasteiger partial charge in [0.05, 0.1) is 18.8 Å².